The van der Waals surface area contributed by atoms with Crippen LogP contribution >= 0.6 is 0 Å². The molecule has 116 valence electrons. The van der Waals surface area contributed by atoms with Gasteiger partial charge in [-0.2, -0.15) is 0 Å². The molecule has 4 heteroatoms. The fourth-order valence-corrected chi connectivity index (χ4v) is 3.59. The number of nitrogens with one attached hydrogen (secondary N) is 1. The lowest BCUT2D eigenvalue weighted by molar-refractivity contribution is 0.100. The van der Waals surface area contributed by atoms with E-state index in [1.54, 1.807) is 18.2 Å². The second-order valence-electron chi connectivity index (χ2n) is 6.82. The predicted molar refractivity (Wildman–Crippen MR) is 88.2 cm³/mol. The molecule has 1 aromatic rings. The SMILES string of the molecule is CC(C)CC1(CNc2cc(C(N)=O)ccc2N)CCCC1. The fraction of sp³-hybridized carbons (Fsp3) is 0.588. The van der Waals surface area contributed by atoms with Gasteiger partial charge in [-0.1, -0.05) is 26.7 Å². The monoisotopic (exact) mass is 289 g/mol. The second-order valence-corrected chi connectivity index (χ2v) is 6.82. The Hall–Kier alpha value is -1.71. The molecule has 21 heavy (non-hydrogen) atoms. The van der Waals surface area contributed by atoms with Crippen molar-refractivity contribution in [1.29, 1.82) is 0 Å². The molecule has 4 nitrogen and oxygen atoms in total. The molecule has 1 saturated carbocycles. The molecule has 0 heterocycles. The van der Waals surface area contributed by atoms with Crippen molar-refractivity contribution in [3.63, 3.8) is 0 Å². The number of nitrogen functional groups attached to an aromatic ring is 1. The topological polar surface area (TPSA) is 81.1 Å². The van der Waals surface area contributed by atoms with E-state index in [9.17, 15) is 4.79 Å². The van der Waals surface area contributed by atoms with Crippen LogP contribution in [0, 0.1) is 11.3 Å². The normalized spacial score (nSPS) is 17.1. The van der Waals surface area contributed by atoms with Crippen molar-refractivity contribution in [2.24, 2.45) is 17.1 Å². The molecular formula is C17H27N3O. The quantitative estimate of drug-likeness (QED) is 0.702. The van der Waals surface area contributed by atoms with Crippen LogP contribution in [0.1, 0.15) is 56.3 Å². The molecule has 0 spiro atoms. The van der Waals surface area contributed by atoms with Gasteiger partial charge in [-0.05, 0) is 48.8 Å². The molecule has 1 aliphatic rings. The molecule has 0 aliphatic heterocycles. The maximum atomic E-state index is 11.3. The van der Waals surface area contributed by atoms with E-state index in [0.717, 1.165) is 12.2 Å². The van der Waals surface area contributed by atoms with Crippen molar-refractivity contribution in [2.75, 3.05) is 17.6 Å². The summed E-state index contributed by atoms with van der Waals surface area (Å²) < 4.78 is 0. The highest BCUT2D eigenvalue weighted by Crippen LogP contribution is 2.43. The molecule has 2 rings (SSSR count). The third-order valence-electron chi connectivity index (χ3n) is 4.50. The van der Waals surface area contributed by atoms with E-state index < -0.39 is 5.91 Å². The summed E-state index contributed by atoms with van der Waals surface area (Å²) in [5.74, 6) is 0.273. The first-order chi connectivity index (χ1) is 9.92. The fourth-order valence-electron chi connectivity index (χ4n) is 3.59. The van der Waals surface area contributed by atoms with E-state index in [4.69, 9.17) is 11.5 Å². The van der Waals surface area contributed by atoms with Gasteiger partial charge in [-0.25, -0.2) is 0 Å². The average molecular weight is 289 g/mol. The van der Waals surface area contributed by atoms with Crippen LogP contribution in [0.25, 0.3) is 0 Å². The van der Waals surface area contributed by atoms with Gasteiger partial charge in [0.1, 0.15) is 0 Å². The highest BCUT2D eigenvalue weighted by atomic mass is 16.1. The highest BCUT2D eigenvalue weighted by molar-refractivity contribution is 5.94. The van der Waals surface area contributed by atoms with Crippen LogP contribution in [0.2, 0.25) is 0 Å². The van der Waals surface area contributed by atoms with Crippen LogP contribution in [0.3, 0.4) is 0 Å². The number of rotatable bonds is 6. The Bertz CT molecular complexity index is 505. The Morgan fingerprint density at radius 2 is 2.00 bits per heavy atom. The van der Waals surface area contributed by atoms with Gasteiger partial charge in [0, 0.05) is 12.1 Å². The highest BCUT2D eigenvalue weighted by Gasteiger charge is 2.34. The molecule has 0 unspecified atom stereocenters. The summed E-state index contributed by atoms with van der Waals surface area (Å²) in [5.41, 5.74) is 13.7. The lowest BCUT2D eigenvalue weighted by atomic mass is 9.78. The maximum absolute atomic E-state index is 11.3. The summed E-state index contributed by atoms with van der Waals surface area (Å²) in [7, 11) is 0. The Balaban J connectivity index is 2.10. The van der Waals surface area contributed by atoms with Crippen LogP contribution in [0.4, 0.5) is 11.4 Å². The number of hydrogen-bond donors (Lipinski definition) is 3. The smallest absolute Gasteiger partial charge is 0.248 e. The van der Waals surface area contributed by atoms with Crippen LogP contribution < -0.4 is 16.8 Å². The number of amides is 1. The van der Waals surface area contributed by atoms with Crippen LogP contribution in [-0.2, 0) is 0 Å². The van der Waals surface area contributed by atoms with E-state index >= 15 is 0 Å². The number of benzene rings is 1. The number of carbonyl (C=O) groups is 1. The molecule has 0 radical (unpaired) electrons. The molecule has 0 atom stereocenters. The van der Waals surface area contributed by atoms with E-state index in [2.05, 4.69) is 19.2 Å². The van der Waals surface area contributed by atoms with Crippen molar-refractivity contribution in [3.8, 4) is 0 Å². The average Bonchev–Trinajstić information content (AvgIpc) is 2.85. The number of hydrogen-bond acceptors (Lipinski definition) is 3. The van der Waals surface area contributed by atoms with Gasteiger partial charge in [0.05, 0.1) is 11.4 Å². The maximum Gasteiger partial charge on any atom is 0.248 e. The number of carbonyl (C=O) groups excluding carboxylic acids is 1. The molecular weight excluding hydrogens is 262 g/mol. The van der Waals surface area contributed by atoms with Crippen molar-refractivity contribution in [3.05, 3.63) is 23.8 Å². The Morgan fingerprint density at radius 1 is 1.33 bits per heavy atom. The molecule has 0 saturated heterocycles. The third-order valence-corrected chi connectivity index (χ3v) is 4.50. The zero-order chi connectivity index (χ0) is 15.5. The van der Waals surface area contributed by atoms with Crippen molar-refractivity contribution >= 4 is 17.3 Å². The van der Waals surface area contributed by atoms with E-state index in [1.165, 1.54) is 32.1 Å². The number of anilines is 2. The minimum atomic E-state index is -0.421. The minimum Gasteiger partial charge on any atom is -0.397 e. The number of primary amides is 1. The summed E-state index contributed by atoms with van der Waals surface area (Å²) in [5, 5.41) is 3.46. The minimum absolute atomic E-state index is 0.364. The Morgan fingerprint density at radius 3 is 2.57 bits per heavy atom. The summed E-state index contributed by atoms with van der Waals surface area (Å²) in [6.45, 7) is 5.47. The van der Waals surface area contributed by atoms with Gasteiger partial charge >= 0.3 is 0 Å². The summed E-state index contributed by atoms with van der Waals surface area (Å²) in [6.07, 6.45) is 6.40. The van der Waals surface area contributed by atoms with Crippen molar-refractivity contribution in [1.82, 2.24) is 0 Å². The van der Waals surface area contributed by atoms with Gasteiger partial charge < -0.3 is 16.8 Å². The van der Waals surface area contributed by atoms with Gasteiger partial charge in [0.25, 0.3) is 0 Å². The molecule has 1 aliphatic carbocycles. The van der Waals surface area contributed by atoms with Gasteiger partial charge in [0.2, 0.25) is 5.91 Å². The van der Waals surface area contributed by atoms with Crippen LogP contribution in [0.15, 0.2) is 18.2 Å². The molecule has 5 N–H and O–H groups in total. The number of nitrogens with two attached hydrogens (primary N) is 2. The first-order valence-electron chi connectivity index (χ1n) is 7.85. The second kappa shape index (κ2) is 6.37. The molecule has 1 aromatic carbocycles. The summed E-state index contributed by atoms with van der Waals surface area (Å²) in [6, 6.07) is 5.17. The summed E-state index contributed by atoms with van der Waals surface area (Å²) in [4.78, 5) is 11.3. The Kier molecular flexibility index (Phi) is 4.76. The standard InChI is InChI=1S/C17H27N3O/c1-12(2)10-17(7-3-4-8-17)11-20-15-9-13(16(19)21)5-6-14(15)18/h5-6,9,12,20H,3-4,7-8,10-11,18H2,1-2H3,(H2,19,21). The van der Waals surface area contributed by atoms with E-state index in [0.29, 0.717) is 22.6 Å². The largest absolute Gasteiger partial charge is 0.397 e. The molecule has 0 aromatic heterocycles. The lowest BCUT2D eigenvalue weighted by Crippen LogP contribution is -2.28. The first-order valence-corrected chi connectivity index (χ1v) is 7.85. The first kappa shape index (κ1) is 15.7. The predicted octanol–water partition coefficient (Wildman–Crippen LogP) is 3.39. The lowest BCUT2D eigenvalue weighted by Gasteiger charge is -2.32. The summed E-state index contributed by atoms with van der Waals surface area (Å²) >= 11 is 0. The third kappa shape index (κ3) is 3.90. The zero-order valence-corrected chi connectivity index (χ0v) is 13.1. The van der Waals surface area contributed by atoms with Gasteiger partial charge in [-0.3, -0.25) is 4.79 Å². The zero-order valence-electron chi connectivity index (χ0n) is 13.1. The van der Waals surface area contributed by atoms with Crippen LogP contribution in [-0.4, -0.2) is 12.5 Å². The van der Waals surface area contributed by atoms with Crippen molar-refractivity contribution < 1.29 is 4.79 Å². The van der Waals surface area contributed by atoms with Crippen molar-refractivity contribution in [2.45, 2.75) is 46.0 Å². The molecule has 1 fully saturated rings. The van der Waals surface area contributed by atoms with Gasteiger partial charge in [-0.15, -0.1) is 0 Å². The Labute approximate surface area is 127 Å². The van der Waals surface area contributed by atoms with Gasteiger partial charge in [0.15, 0.2) is 0 Å². The molecule has 1 amide bonds. The van der Waals surface area contributed by atoms with Crippen LogP contribution in [0.5, 0.6) is 0 Å². The molecule has 0 bridgehead atoms. The van der Waals surface area contributed by atoms with E-state index in [1.807, 2.05) is 0 Å². The van der Waals surface area contributed by atoms with E-state index in [-0.39, 0.29) is 0 Å².